The van der Waals surface area contributed by atoms with Crippen LogP contribution >= 0.6 is 11.8 Å². The number of aromatic amines is 1. The Morgan fingerprint density at radius 2 is 1.87 bits per heavy atom. The zero-order valence-electron chi connectivity index (χ0n) is 16.9. The smallest absolute Gasteiger partial charge is 0.259 e. The lowest BCUT2D eigenvalue weighted by Gasteiger charge is -2.29. The average molecular weight is 423 g/mol. The summed E-state index contributed by atoms with van der Waals surface area (Å²) in [5.41, 5.74) is 3.09. The molecule has 4 heterocycles. The lowest BCUT2D eigenvalue weighted by atomic mass is 9.97. The van der Waals surface area contributed by atoms with Gasteiger partial charge in [0.25, 0.3) is 5.56 Å². The van der Waals surface area contributed by atoms with Gasteiger partial charge in [0.2, 0.25) is 0 Å². The van der Waals surface area contributed by atoms with E-state index < -0.39 is 0 Å². The first-order valence-corrected chi connectivity index (χ1v) is 11.7. The Morgan fingerprint density at radius 1 is 1.10 bits per heavy atom. The predicted octanol–water partition coefficient (Wildman–Crippen LogP) is 4.11. The minimum Gasteiger partial charge on any atom is -0.378 e. The molecule has 0 saturated carbocycles. The van der Waals surface area contributed by atoms with Crippen LogP contribution in [0.4, 0.5) is 17.2 Å². The predicted molar refractivity (Wildman–Crippen MR) is 124 cm³/mol. The van der Waals surface area contributed by atoms with E-state index in [9.17, 15) is 4.79 Å². The van der Waals surface area contributed by atoms with Crippen molar-refractivity contribution >= 4 is 39.7 Å². The van der Waals surface area contributed by atoms with Crippen molar-refractivity contribution in [3.8, 4) is 0 Å². The summed E-state index contributed by atoms with van der Waals surface area (Å²) in [7, 11) is 0. The van der Waals surface area contributed by atoms with Gasteiger partial charge in [0.05, 0.1) is 18.6 Å². The van der Waals surface area contributed by atoms with E-state index in [1.165, 1.54) is 17.2 Å². The lowest BCUT2D eigenvalue weighted by molar-refractivity contribution is 0.122. The molecular formula is C23H26N4O2S. The van der Waals surface area contributed by atoms with Gasteiger partial charge in [0.1, 0.15) is 5.82 Å². The molecule has 2 saturated heterocycles. The van der Waals surface area contributed by atoms with Gasteiger partial charge in [-0.2, -0.15) is 11.8 Å². The number of rotatable bonds is 4. The van der Waals surface area contributed by atoms with Gasteiger partial charge in [-0.1, -0.05) is 0 Å². The lowest BCUT2D eigenvalue weighted by Crippen LogP contribution is -2.36. The summed E-state index contributed by atoms with van der Waals surface area (Å²) in [5.74, 6) is 3.44. The zero-order chi connectivity index (χ0) is 20.3. The van der Waals surface area contributed by atoms with Crippen LogP contribution in [0.3, 0.4) is 0 Å². The van der Waals surface area contributed by atoms with Crippen LogP contribution in [-0.4, -0.2) is 47.8 Å². The third-order valence-electron chi connectivity index (χ3n) is 5.92. The van der Waals surface area contributed by atoms with Crippen molar-refractivity contribution in [2.75, 3.05) is 48.0 Å². The SMILES string of the molecule is O=c1[nH]ccc2cc(C3CCSCC3)nc(Nc3ccc(N4CCOCC4)cc3)c12. The Labute approximate surface area is 180 Å². The summed E-state index contributed by atoms with van der Waals surface area (Å²) in [5, 5.41) is 4.97. The molecule has 6 nitrogen and oxygen atoms in total. The van der Waals surface area contributed by atoms with Crippen molar-refractivity contribution in [1.29, 1.82) is 0 Å². The highest BCUT2D eigenvalue weighted by atomic mass is 32.2. The highest BCUT2D eigenvalue weighted by Gasteiger charge is 2.20. The third kappa shape index (κ3) is 4.04. The van der Waals surface area contributed by atoms with Gasteiger partial charge in [-0.15, -0.1) is 0 Å². The van der Waals surface area contributed by atoms with Gasteiger partial charge in [0.15, 0.2) is 0 Å². The van der Waals surface area contributed by atoms with Gasteiger partial charge >= 0.3 is 0 Å². The standard InChI is InChI=1S/C23H26N4O2S/c28-23-21-17(5-8-24-23)15-20(16-6-13-30-14-7-16)26-22(21)25-18-1-3-19(4-2-18)27-9-11-29-12-10-27/h1-5,8,15-16H,6-7,9-14H2,(H,24,28)(H,25,26). The van der Waals surface area contributed by atoms with E-state index in [2.05, 4.69) is 45.5 Å². The molecule has 5 rings (SSSR count). The molecule has 1 aromatic carbocycles. The van der Waals surface area contributed by atoms with E-state index in [4.69, 9.17) is 9.72 Å². The summed E-state index contributed by atoms with van der Waals surface area (Å²) < 4.78 is 5.44. The number of hydrogen-bond donors (Lipinski definition) is 2. The first-order valence-electron chi connectivity index (χ1n) is 10.6. The molecule has 2 aromatic heterocycles. The van der Waals surface area contributed by atoms with Gasteiger partial charge in [0, 0.05) is 42.3 Å². The number of ether oxygens (including phenoxy) is 1. The van der Waals surface area contributed by atoms with Gasteiger partial charge in [-0.25, -0.2) is 4.98 Å². The molecule has 2 fully saturated rings. The summed E-state index contributed by atoms with van der Waals surface area (Å²) in [4.78, 5) is 22.6. The number of benzene rings is 1. The molecule has 2 aliphatic rings. The van der Waals surface area contributed by atoms with Crippen LogP contribution < -0.4 is 15.8 Å². The maximum Gasteiger partial charge on any atom is 0.259 e. The molecule has 0 bridgehead atoms. The van der Waals surface area contributed by atoms with E-state index in [0.717, 1.165) is 55.9 Å². The first-order chi connectivity index (χ1) is 14.8. The van der Waals surface area contributed by atoms with Crippen LogP contribution in [0.1, 0.15) is 24.5 Å². The number of aromatic nitrogens is 2. The second-order valence-corrected chi connectivity index (χ2v) is 9.05. The number of nitrogens with zero attached hydrogens (tertiary/aromatic N) is 2. The fraction of sp³-hybridized carbons (Fsp3) is 0.391. The fourth-order valence-corrected chi connectivity index (χ4v) is 5.35. The van der Waals surface area contributed by atoms with Crippen LogP contribution in [0.25, 0.3) is 10.8 Å². The number of hydrogen-bond acceptors (Lipinski definition) is 6. The molecule has 0 amide bonds. The molecule has 3 aromatic rings. The van der Waals surface area contributed by atoms with Gasteiger partial charge in [-0.05, 0) is 66.1 Å². The van der Waals surface area contributed by atoms with Crippen molar-refractivity contribution in [3.63, 3.8) is 0 Å². The number of H-pyrrole nitrogens is 1. The molecular weight excluding hydrogens is 396 g/mol. The minimum atomic E-state index is -0.113. The Bertz CT molecular complexity index is 1070. The minimum absolute atomic E-state index is 0.113. The summed E-state index contributed by atoms with van der Waals surface area (Å²) in [6, 6.07) is 12.4. The Kier molecular flexibility index (Phi) is 5.64. The van der Waals surface area contributed by atoms with Crippen molar-refractivity contribution in [2.24, 2.45) is 0 Å². The number of morpholine rings is 1. The normalized spacial score (nSPS) is 17.9. The largest absolute Gasteiger partial charge is 0.378 e. The molecule has 0 radical (unpaired) electrons. The maximum absolute atomic E-state index is 12.6. The van der Waals surface area contributed by atoms with E-state index in [-0.39, 0.29) is 5.56 Å². The summed E-state index contributed by atoms with van der Waals surface area (Å²) >= 11 is 2.01. The molecule has 0 aliphatic carbocycles. The Morgan fingerprint density at radius 3 is 2.63 bits per heavy atom. The van der Waals surface area contributed by atoms with Gasteiger partial charge in [-0.3, -0.25) is 4.79 Å². The van der Waals surface area contributed by atoms with E-state index in [1.807, 2.05) is 17.8 Å². The highest BCUT2D eigenvalue weighted by molar-refractivity contribution is 7.99. The molecule has 0 unspecified atom stereocenters. The van der Waals surface area contributed by atoms with E-state index in [0.29, 0.717) is 17.1 Å². The second-order valence-electron chi connectivity index (χ2n) is 7.82. The van der Waals surface area contributed by atoms with Crippen molar-refractivity contribution in [3.05, 3.63) is 58.6 Å². The van der Waals surface area contributed by atoms with E-state index in [1.54, 1.807) is 6.20 Å². The Balaban J connectivity index is 1.47. The summed E-state index contributed by atoms with van der Waals surface area (Å²) in [6.45, 7) is 3.36. The van der Waals surface area contributed by atoms with Crippen molar-refractivity contribution in [1.82, 2.24) is 9.97 Å². The van der Waals surface area contributed by atoms with Crippen LogP contribution in [0.15, 0.2) is 47.4 Å². The first kappa shape index (κ1) is 19.5. The fourth-order valence-electron chi connectivity index (χ4n) is 4.24. The van der Waals surface area contributed by atoms with Crippen LogP contribution in [0.2, 0.25) is 0 Å². The molecule has 156 valence electrons. The van der Waals surface area contributed by atoms with E-state index >= 15 is 0 Å². The summed E-state index contributed by atoms with van der Waals surface area (Å²) in [6.07, 6.45) is 3.99. The zero-order valence-corrected chi connectivity index (χ0v) is 17.7. The molecule has 30 heavy (non-hydrogen) atoms. The van der Waals surface area contributed by atoms with Crippen molar-refractivity contribution < 1.29 is 4.74 Å². The van der Waals surface area contributed by atoms with Crippen LogP contribution in [0, 0.1) is 0 Å². The van der Waals surface area contributed by atoms with Crippen molar-refractivity contribution in [2.45, 2.75) is 18.8 Å². The number of anilines is 3. The molecule has 2 N–H and O–H groups in total. The monoisotopic (exact) mass is 422 g/mol. The van der Waals surface area contributed by atoms with Crippen LogP contribution in [-0.2, 0) is 4.74 Å². The molecule has 0 atom stereocenters. The molecule has 0 spiro atoms. The molecule has 7 heteroatoms. The topological polar surface area (TPSA) is 70.2 Å². The molecule has 2 aliphatic heterocycles. The third-order valence-corrected chi connectivity index (χ3v) is 6.97. The number of thioether (sulfide) groups is 1. The number of fused-ring (bicyclic) bond motifs is 1. The number of nitrogens with one attached hydrogen (secondary N) is 2. The Hall–Kier alpha value is -2.51. The second kappa shape index (κ2) is 8.70. The van der Waals surface area contributed by atoms with Gasteiger partial charge < -0.3 is 19.9 Å². The number of pyridine rings is 2. The maximum atomic E-state index is 12.6. The highest BCUT2D eigenvalue weighted by Crippen LogP contribution is 2.34. The quantitative estimate of drug-likeness (QED) is 0.659. The average Bonchev–Trinajstić information content (AvgIpc) is 2.81. The van der Waals surface area contributed by atoms with Crippen LogP contribution in [0.5, 0.6) is 0 Å².